The van der Waals surface area contributed by atoms with Crippen LogP contribution < -0.4 is 4.72 Å². The van der Waals surface area contributed by atoms with Gasteiger partial charge in [-0.15, -0.1) is 22.7 Å². The van der Waals surface area contributed by atoms with Crippen LogP contribution in [0.5, 0.6) is 0 Å². The van der Waals surface area contributed by atoms with Crippen LogP contribution in [0.4, 0.5) is 0 Å². The molecule has 0 aliphatic rings. The molecule has 2 rings (SSSR count). The van der Waals surface area contributed by atoms with E-state index in [1.807, 2.05) is 11.4 Å². The molecule has 5 nitrogen and oxygen atoms in total. The first-order valence-electron chi connectivity index (χ1n) is 5.05. The van der Waals surface area contributed by atoms with Gasteiger partial charge in [0.05, 0.1) is 3.79 Å². The Morgan fingerprint density at radius 2 is 2.05 bits per heavy atom. The van der Waals surface area contributed by atoms with Gasteiger partial charge < -0.3 is 5.11 Å². The van der Waals surface area contributed by atoms with E-state index in [2.05, 4.69) is 36.6 Å². The van der Waals surface area contributed by atoms with Crippen molar-refractivity contribution < 1.29 is 18.3 Å². The summed E-state index contributed by atoms with van der Waals surface area (Å²) in [4.78, 5) is 11.6. The number of sulfonamides is 1. The summed E-state index contributed by atoms with van der Waals surface area (Å²) in [5, 5.41) is 10.7. The average Bonchev–Trinajstić information content (AvgIpc) is 2.93. The number of carbonyl (C=O) groups is 1. The molecule has 0 radical (unpaired) electrons. The van der Waals surface area contributed by atoms with Crippen molar-refractivity contribution in [2.75, 3.05) is 0 Å². The number of hydrogen-bond acceptors (Lipinski definition) is 5. The van der Waals surface area contributed by atoms with Crippen LogP contribution in [0.2, 0.25) is 0 Å². The molecule has 2 N–H and O–H groups in total. The summed E-state index contributed by atoms with van der Waals surface area (Å²) < 4.78 is 27.9. The first-order valence-corrected chi connectivity index (χ1v) is 9.81. The van der Waals surface area contributed by atoms with Crippen molar-refractivity contribution in [2.45, 2.75) is 11.4 Å². The van der Waals surface area contributed by atoms with Crippen LogP contribution in [0, 0.1) is 0 Å². The van der Waals surface area contributed by atoms with Crippen LogP contribution in [0.1, 0.15) is 14.5 Å². The van der Waals surface area contributed by atoms with E-state index in [1.54, 1.807) is 0 Å². The van der Waals surface area contributed by atoms with Gasteiger partial charge in [0.25, 0.3) is 0 Å². The van der Waals surface area contributed by atoms with Crippen LogP contribution in [-0.2, 0) is 16.6 Å². The second-order valence-electron chi connectivity index (χ2n) is 3.61. The number of halogens is 2. The second kappa shape index (κ2) is 6.24. The zero-order chi connectivity index (χ0) is 14.9. The molecule has 0 aliphatic heterocycles. The molecule has 0 saturated carbocycles. The zero-order valence-corrected chi connectivity index (χ0v) is 15.2. The molecule has 0 aromatic carbocycles. The van der Waals surface area contributed by atoms with E-state index in [1.165, 1.54) is 11.3 Å². The maximum Gasteiger partial charge on any atom is 0.345 e. The standard InChI is InChI=1S/C10H7Br2NO4S3/c11-5-1-6(18-4-5)3-13-20(16,17)8-2-7(10(14)15)19-9(8)12/h1-2,4,13H,3H2,(H,14,15). The number of aromatic carboxylic acids is 1. The minimum atomic E-state index is -3.75. The van der Waals surface area contributed by atoms with Crippen molar-refractivity contribution in [3.05, 3.63) is 35.5 Å². The summed E-state index contributed by atoms with van der Waals surface area (Å²) in [7, 11) is -3.75. The predicted molar refractivity (Wildman–Crippen MR) is 85.0 cm³/mol. The number of carboxylic acids is 1. The summed E-state index contributed by atoms with van der Waals surface area (Å²) in [5.74, 6) is -1.15. The smallest absolute Gasteiger partial charge is 0.345 e. The molecule has 2 heterocycles. The highest BCUT2D eigenvalue weighted by molar-refractivity contribution is 9.11. The Bertz CT molecular complexity index is 750. The molecule has 0 bridgehead atoms. The van der Waals surface area contributed by atoms with Gasteiger partial charge in [-0.3, -0.25) is 0 Å². The molecular formula is C10H7Br2NO4S3. The topological polar surface area (TPSA) is 83.5 Å². The Morgan fingerprint density at radius 1 is 1.35 bits per heavy atom. The third-order valence-corrected chi connectivity index (χ3v) is 7.55. The van der Waals surface area contributed by atoms with E-state index < -0.39 is 16.0 Å². The van der Waals surface area contributed by atoms with Gasteiger partial charge >= 0.3 is 5.97 Å². The zero-order valence-electron chi connectivity index (χ0n) is 9.59. The van der Waals surface area contributed by atoms with Gasteiger partial charge in [0.2, 0.25) is 10.0 Å². The van der Waals surface area contributed by atoms with Crippen molar-refractivity contribution in [3.8, 4) is 0 Å². The first-order chi connectivity index (χ1) is 9.29. The summed E-state index contributed by atoms with van der Waals surface area (Å²) in [6.45, 7) is 0.156. The van der Waals surface area contributed by atoms with Crippen LogP contribution in [0.15, 0.2) is 30.7 Å². The lowest BCUT2D eigenvalue weighted by molar-refractivity contribution is 0.0702. The Labute approximate surface area is 140 Å². The quantitative estimate of drug-likeness (QED) is 0.714. The van der Waals surface area contributed by atoms with Crippen LogP contribution in [0.3, 0.4) is 0 Å². The van der Waals surface area contributed by atoms with E-state index in [0.717, 1.165) is 26.8 Å². The second-order valence-corrected chi connectivity index (χ2v) is 9.63. The SMILES string of the molecule is O=C(O)c1cc(S(=O)(=O)NCc2cc(Br)cs2)c(Br)s1. The lowest BCUT2D eigenvalue weighted by atomic mass is 10.5. The number of nitrogens with one attached hydrogen (secondary N) is 1. The van der Waals surface area contributed by atoms with Gasteiger partial charge in [-0.1, -0.05) is 0 Å². The molecular weight excluding hydrogens is 454 g/mol. The van der Waals surface area contributed by atoms with Crippen LogP contribution in [0.25, 0.3) is 0 Å². The number of thiophene rings is 2. The Morgan fingerprint density at radius 3 is 2.55 bits per heavy atom. The fourth-order valence-corrected chi connectivity index (χ4v) is 6.22. The van der Waals surface area contributed by atoms with E-state index in [0.29, 0.717) is 0 Å². The van der Waals surface area contributed by atoms with Crippen LogP contribution in [-0.4, -0.2) is 19.5 Å². The monoisotopic (exact) mass is 459 g/mol. The van der Waals surface area contributed by atoms with E-state index in [4.69, 9.17) is 5.11 Å². The highest BCUT2D eigenvalue weighted by Gasteiger charge is 2.23. The van der Waals surface area contributed by atoms with Gasteiger partial charge in [-0.05, 0) is 44.0 Å². The minimum Gasteiger partial charge on any atom is -0.477 e. The molecule has 0 saturated heterocycles. The third kappa shape index (κ3) is 3.68. The van der Waals surface area contributed by atoms with Crippen molar-refractivity contribution >= 4 is 70.5 Å². The molecule has 20 heavy (non-hydrogen) atoms. The van der Waals surface area contributed by atoms with Crippen molar-refractivity contribution in [2.24, 2.45) is 0 Å². The van der Waals surface area contributed by atoms with Crippen molar-refractivity contribution in [3.63, 3.8) is 0 Å². The average molecular weight is 461 g/mol. The minimum absolute atomic E-state index is 0.0314. The van der Waals surface area contributed by atoms with E-state index in [9.17, 15) is 13.2 Å². The van der Waals surface area contributed by atoms with Gasteiger partial charge in [0.1, 0.15) is 9.77 Å². The molecule has 2 aromatic rings. The molecule has 0 spiro atoms. The van der Waals surface area contributed by atoms with E-state index in [-0.39, 0.29) is 20.1 Å². The Balaban J connectivity index is 2.20. The molecule has 0 aliphatic carbocycles. The summed E-state index contributed by atoms with van der Waals surface area (Å²) in [5.41, 5.74) is 0. The van der Waals surface area contributed by atoms with Gasteiger partial charge in [-0.25, -0.2) is 17.9 Å². The molecule has 0 fully saturated rings. The van der Waals surface area contributed by atoms with Crippen molar-refractivity contribution in [1.82, 2.24) is 4.72 Å². The first kappa shape index (κ1) is 16.1. The normalized spacial score (nSPS) is 11.7. The molecule has 0 atom stereocenters. The van der Waals surface area contributed by atoms with Gasteiger partial charge in [0, 0.05) is 21.3 Å². The largest absolute Gasteiger partial charge is 0.477 e. The highest BCUT2D eigenvalue weighted by atomic mass is 79.9. The predicted octanol–water partition coefficient (Wildman–Crippen LogP) is 3.51. The molecule has 10 heteroatoms. The molecule has 2 aromatic heterocycles. The lowest BCUT2D eigenvalue weighted by Crippen LogP contribution is -2.22. The summed E-state index contributed by atoms with van der Waals surface area (Å²) >= 11 is 8.66. The number of carboxylic acid groups (broad SMARTS) is 1. The summed E-state index contributed by atoms with van der Waals surface area (Å²) in [6.07, 6.45) is 0. The fourth-order valence-electron chi connectivity index (χ4n) is 1.33. The highest BCUT2D eigenvalue weighted by Crippen LogP contribution is 2.31. The maximum atomic E-state index is 12.1. The van der Waals surface area contributed by atoms with Gasteiger partial charge in [0.15, 0.2) is 0 Å². The van der Waals surface area contributed by atoms with Crippen LogP contribution >= 0.6 is 54.5 Å². The Kier molecular flexibility index (Phi) is 5.03. The lowest BCUT2D eigenvalue weighted by Gasteiger charge is -2.03. The number of hydrogen-bond donors (Lipinski definition) is 2. The van der Waals surface area contributed by atoms with E-state index >= 15 is 0 Å². The third-order valence-electron chi connectivity index (χ3n) is 2.21. The van der Waals surface area contributed by atoms with Crippen molar-refractivity contribution in [1.29, 1.82) is 0 Å². The fraction of sp³-hybridized carbons (Fsp3) is 0.100. The number of rotatable bonds is 5. The summed E-state index contributed by atoms with van der Waals surface area (Å²) in [6, 6.07) is 2.96. The van der Waals surface area contributed by atoms with Gasteiger partial charge in [-0.2, -0.15) is 0 Å². The molecule has 108 valence electrons. The maximum absolute atomic E-state index is 12.1. The molecule has 0 unspecified atom stereocenters. The Hall–Kier alpha value is -0.260. The molecule has 0 amide bonds.